The van der Waals surface area contributed by atoms with Gasteiger partial charge in [-0.25, -0.2) is 0 Å². The van der Waals surface area contributed by atoms with E-state index in [1.807, 2.05) is 19.1 Å². The summed E-state index contributed by atoms with van der Waals surface area (Å²) in [6.07, 6.45) is 12.3. The molecule has 1 N–H and O–H groups in total. The lowest BCUT2D eigenvalue weighted by atomic mass is 9.72. The molecule has 0 spiro atoms. The van der Waals surface area contributed by atoms with Crippen LogP contribution < -0.4 is 0 Å². The van der Waals surface area contributed by atoms with Crippen LogP contribution in [0.25, 0.3) is 0 Å². The number of unbranched alkanes of at least 4 members (excludes halogenated alkanes) is 2. The SMILES string of the molecule is C/C=C/C1=CC2=CC(CC(=O)CCCCC)C(C)(O)C(=O)C2=CO1. The van der Waals surface area contributed by atoms with E-state index in [2.05, 4.69) is 6.92 Å². The number of aliphatic hydroxyl groups is 1. The summed E-state index contributed by atoms with van der Waals surface area (Å²) in [6.45, 7) is 5.46. The van der Waals surface area contributed by atoms with E-state index in [4.69, 9.17) is 4.74 Å². The Kier molecular flexibility index (Phi) is 5.94. The van der Waals surface area contributed by atoms with Gasteiger partial charge in [0.2, 0.25) is 0 Å². The number of hydrogen-bond donors (Lipinski definition) is 1. The minimum absolute atomic E-state index is 0.0931. The molecule has 1 heterocycles. The average Bonchev–Trinajstić information content (AvgIpc) is 2.53. The maximum Gasteiger partial charge on any atom is 0.198 e. The van der Waals surface area contributed by atoms with E-state index >= 15 is 0 Å². The third-order valence-corrected chi connectivity index (χ3v) is 4.57. The molecule has 4 heteroatoms. The summed E-state index contributed by atoms with van der Waals surface area (Å²) in [4.78, 5) is 24.8. The third-order valence-electron chi connectivity index (χ3n) is 4.57. The maximum absolute atomic E-state index is 12.6. The molecule has 0 aromatic rings. The van der Waals surface area contributed by atoms with Crippen molar-refractivity contribution in [1.82, 2.24) is 0 Å². The van der Waals surface area contributed by atoms with Crippen LogP contribution in [0, 0.1) is 5.92 Å². The van der Waals surface area contributed by atoms with Crippen LogP contribution in [0.1, 0.15) is 52.9 Å². The van der Waals surface area contributed by atoms with Crippen molar-refractivity contribution < 1.29 is 19.4 Å². The fourth-order valence-electron chi connectivity index (χ4n) is 3.03. The van der Waals surface area contributed by atoms with Gasteiger partial charge >= 0.3 is 0 Å². The summed E-state index contributed by atoms with van der Waals surface area (Å²) in [5.74, 6) is -0.167. The van der Waals surface area contributed by atoms with Crippen LogP contribution in [-0.2, 0) is 14.3 Å². The Hall–Kier alpha value is -1.94. The van der Waals surface area contributed by atoms with E-state index < -0.39 is 11.5 Å². The molecule has 4 nitrogen and oxygen atoms in total. The number of carbonyl (C=O) groups excluding carboxylic acids is 2. The Labute approximate surface area is 143 Å². The molecule has 2 rings (SSSR count). The molecule has 1 aliphatic carbocycles. The van der Waals surface area contributed by atoms with Crippen LogP contribution in [0.3, 0.4) is 0 Å². The molecule has 0 bridgehead atoms. The smallest absolute Gasteiger partial charge is 0.198 e. The van der Waals surface area contributed by atoms with E-state index in [0.717, 1.165) is 24.8 Å². The van der Waals surface area contributed by atoms with E-state index in [1.165, 1.54) is 13.2 Å². The molecule has 2 aliphatic rings. The fraction of sp³-hybridized carbons (Fsp3) is 0.500. The minimum atomic E-state index is -1.58. The highest BCUT2D eigenvalue weighted by Crippen LogP contribution is 2.38. The van der Waals surface area contributed by atoms with Crippen molar-refractivity contribution in [2.45, 2.75) is 58.5 Å². The van der Waals surface area contributed by atoms with Crippen LogP contribution in [0.15, 0.2) is 47.5 Å². The fourth-order valence-corrected chi connectivity index (χ4v) is 3.03. The second kappa shape index (κ2) is 7.75. The normalized spacial score (nSPS) is 26.4. The third kappa shape index (κ3) is 3.93. The number of hydrogen-bond acceptors (Lipinski definition) is 4. The van der Waals surface area contributed by atoms with Crippen molar-refractivity contribution in [3.05, 3.63) is 47.5 Å². The Morgan fingerprint density at radius 1 is 1.42 bits per heavy atom. The van der Waals surface area contributed by atoms with Crippen LogP contribution >= 0.6 is 0 Å². The number of carbonyl (C=O) groups is 2. The number of fused-ring (bicyclic) bond motifs is 1. The van der Waals surface area contributed by atoms with Crippen molar-refractivity contribution in [3.8, 4) is 0 Å². The first-order valence-corrected chi connectivity index (χ1v) is 8.62. The van der Waals surface area contributed by atoms with Gasteiger partial charge in [0, 0.05) is 18.8 Å². The number of ketones is 2. The maximum atomic E-state index is 12.6. The summed E-state index contributed by atoms with van der Waals surface area (Å²) in [5, 5.41) is 10.7. The van der Waals surface area contributed by atoms with Gasteiger partial charge < -0.3 is 9.84 Å². The topological polar surface area (TPSA) is 63.6 Å². The second-order valence-electron chi connectivity index (χ2n) is 6.60. The van der Waals surface area contributed by atoms with Gasteiger partial charge in [0.1, 0.15) is 23.4 Å². The lowest BCUT2D eigenvalue weighted by molar-refractivity contribution is -0.137. The predicted molar refractivity (Wildman–Crippen MR) is 93.0 cm³/mol. The van der Waals surface area contributed by atoms with Crippen molar-refractivity contribution in [2.24, 2.45) is 5.92 Å². The summed E-state index contributed by atoms with van der Waals surface area (Å²) in [5.41, 5.74) is -0.495. The zero-order valence-electron chi connectivity index (χ0n) is 14.7. The minimum Gasteiger partial charge on any atom is -0.464 e. The Morgan fingerprint density at radius 2 is 2.17 bits per heavy atom. The Balaban J connectivity index is 2.22. The first kappa shape index (κ1) is 18.4. The predicted octanol–water partition coefficient (Wildman–Crippen LogP) is 3.78. The zero-order valence-corrected chi connectivity index (χ0v) is 14.7. The molecule has 0 aromatic heterocycles. The lowest BCUT2D eigenvalue weighted by Crippen LogP contribution is -2.47. The quantitative estimate of drug-likeness (QED) is 0.722. The summed E-state index contributed by atoms with van der Waals surface area (Å²) in [7, 11) is 0. The molecular formula is C20H26O4. The van der Waals surface area contributed by atoms with Crippen molar-refractivity contribution in [1.29, 1.82) is 0 Å². The molecule has 24 heavy (non-hydrogen) atoms. The van der Waals surface area contributed by atoms with Gasteiger partial charge in [0.05, 0.1) is 5.57 Å². The number of Topliss-reactive ketones (excluding diaryl/α,β-unsaturated/α-hetero) is 2. The molecule has 0 fully saturated rings. The highest BCUT2D eigenvalue weighted by molar-refractivity contribution is 6.07. The molecule has 0 saturated carbocycles. The Morgan fingerprint density at radius 3 is 2.83 bits per heavy atom. The van der Waals surface area contributed by atoms with Gasteiger partial charge in [-0.15, -0.1) is 0 Å². The van der Waals surface area contributed by atoms with Crippen molar-refractivity contribution in [2.75, 3.05) is 0 Å². The van der Waals surface area contributed by atoms with Crippen LogP contribution in [0.4, 0.5) is 0 Å². The van der Waals surface area contributed by atoms with Crippen molar-refractivity contribution in [3.63, 3.8) is 0 Å². The molecule has 0 radical (unpaired) electrons. The molecule has 0 amide bonds. The van der Waals surface area contributed by atoms with Gasteiger partial charge in [0.15, 0.2) is 5.78 Å². The largest absolute Gasteiger partial charge is 0.464 e. The molecule has 130 valence electrons. The van der Waals surface area contributed by atoms with Gasteiger partial charge in [-0.3, -0.25) is 9.59 Å². The van der Waals surface area contributed by atoms with Gasteiger partial charge in [-0.1, -0.05) is 31.9 Å². The second-order valence-corrected chi connectivity index (χ2v) is 6.60. The van der Waals surface area contributed by atoms with E-state index in [-0.39, 0.29) is 18.0 Å². The molecule has 0 saturated heterocycles. The highest BCUT2D eigenvalue weighted by Gasteiger charge is 2.45. The van der Waals surface area contributed by atoms with Crippen molar-refractivity contribution >= 4 is 11.6 Å². The molecule has 0 aromatic carbocycles. The summed E-state index contributed by atoms with van der Waals surface area (Å²) >= 11 is 0. The van der Waals surface area contributed by atoms with Crippen LogP contribution in [-0.4, -0.2) is 22.3 Å². The molecular weight excluding hydrogens is 304 g/mol. The first-order valence-electron chi connectivity index (χ1n) is 8.62. The number of rotatable bonds is 7. The van der Waals surface area contributed by atoms with Gasteiger partial charge in [0.25, 0.3) is 0 Å². The van der Waals surface area contributed by atoms with Crippen LogP contribution in [0.2, 0.25) is 0 Å². The average molecular weight is 330 g/mol. The van der Waals surface area contributed by atoms with Gasteiger partial charge in [-0.05, 0) is 38.0 Å². The van der Waals surface area contributed by atoms with E-state index in [1.54, 1.807) is 12.2 Å². The monoisotopic (exact) mass is 330 g/mol. The zero-order chi connectivity index (χ0) is 17.7. The molecule has 1 aliphatic heterocycles. The standard InChI is InChI=1S/C20H26O4/c1-4-6-7-9-16(21)12-15-10-14-11-17(8-5-2)24-13-18(14)19(22)20(15,3)23/h5,8,10-11,13,15,23H,4,6-7,9,12H2,1-3H3/b8-5+. The lowest BCUT2D eigenvalue weighted by Gasteiger charge is -2.35. The first-order chi connectivity index (χ1) is 11.4. The molecule has 2 atom stereocenters. The van der Waals surface area contributed by atoms with E-state index in [0.29, 0.717) is 17.8 Å². The summed E-state index contributed by atoms with van der Waals surface area (Å²) < 4.78 is 5.41. The Bertz CT molecular complexity index is 632. The number of ether oxygens (including phenoxy) is 1. The van der Waals surface area contributed by atoms with E-state index in [9.17, 15) is 14.7 Å². The highest BCUT2D eigenvalue weighted by atomic mass is 16.5. The molecule has 2 unspecified atom stereocenters. The summed E-state index contributed by atoms with van der Waals surface area (Å²) in [6, 6.07) is 0. The van der Waals surface area contributed by atoms with Crippen LogP contribution in [0.5, 0.6) is 0 Å². The number of allylic oxidation sites excluding steroid dienone is 4. The van der Waals surface area contributed by atoms with Gasteiger partial charge in [-0.2, -0.15) is 0 Å².